The van der Waals surface area contributed by atoms with Crippen LogP contribution >= 0.6 is 59.4 Å². The van der Waals surface area contributed by atoms with Crippen molar-refractivity contribution in [1.82, 2.24) is 0 Å². The number of alkyl halides is 1. The summed E-state index contributed by atoms with van der Waals surface area (Å²) in [6.45, 7) is 0. The third kappa shape index (κ3) is 3.20. The van der Waals surface area contributed by atoms with Crippen molar-refractivity contribution >= 4 is 59.4 Å². The molecule has 0 amide bonds. The Balaban J connectivity index is 2.53. The van der Waals surface area contributed by atoms with Gasteiger partial charge in [0.1, 0.15) is 11.6 Å². The lowest BCUT2D eigenvalue weighted by Gasteiger charge is -2.15. The van der Waals surface area contributed by atoms with Crippen molar-refractivity contribution in [3.8, 4) is 0 Å². The summed E-state index contributed by atoms with van der Waals surface area (Å²) in [6.07, 6.45) is 0. The Hall–Kier alpha value is 0.0300. The van der Waals surface area contributed by atoms with Crippen molar-refractivity contribution in [3.63, 3.8) is 0 Å². The minimum atomic E-state index is -0.497. The average molecular weight is 475 g/mol. The van der Waals surface area contributed by atoms with Crippen LogP contribution in [0.4, 0.5) is 8.78 Å². The predicted molar refractivity (Wildman–Crippen MR) is 84.0 cm³/mol. The number of hydrogen-bond donors (Lipinski definition) is 0. The van der Waals surface area contributed by atoms with Gasteiger partial charge in [0.15, 0.2) is 0 Å². The first-order chi connectivity index (χ1) is 8.91. The van der Waals surface area contributed by atoms with E-state index in [0.717, 1.165) is 0 Å². The fourth-order valence-corrected chi connectivity index (χ4v) is 3.64. The Kier molecular flexibility index (Phi) is 5.04. The van der Waals surface area contributed by atoms with E-state index in [1.165, 1.54) is 18.2 Å². The van der Waals surface area contributed by atoms with Gasteiger partial charge in [-0.25, -0.2) is 8.78 Å². The molecular weight excluding hydrogens is 469 g/mol. The summed E-state index contributed by atoms with van der Waals surface area (Å²) in [5.41, 5.74) is 0.941. The third-order valence-corrected chi connectivity index (χ3v) is 5.59. The van der Waals surface area contributed by atoms with Gasteiger partial charge in [-0.05, 0) is 55.6 Å². The highest BCUT2D eigenvalue weighted by Gasteiger charge is 2.20. The van der Waals surface area contributed by atoms with Gasteiger partial charge in [0.2, 0.25) is 0 Å². The Morgan fingerprint density at radius 3 is 2.37 bits per heavy atom. The van der Waals surface area contributed by atoms with Crippen molar-refractivity contribution < 1.29 is 8.78 Å². The zero-order valence-electron chi connectivity index (χ0n) is 9.23. The second kappa shape index (κ2) is 6.20. The molecule has 0 aliphatic rings. The first-order valence-corrected chi connectivity index (χ1v) is 8.02. The standard InChI is InChI=1S/C13H6Br3ClF2/c14-8-5-11(19)7(4-9(8)17)12(15)6-2-1-3-10(18)13(6)16/h1-5,12H. The number of hydrogen-bond acceptors (Lipinski definition) is 0. The molecule has 0 radical (unpaired) electrons. The SMILES string of the molecule is Fc1cc(Br)c(Cl)cc1C(Br)c1cccc(F)c1Br. The van der Waals surface area contributed by atoms with Crippen LogP contribution < -0.4 is 0 Å². The zero-order chi connectivity index (χ0) is 14.2. The van der Waals surface area contributed by atoms with Gasteiger partial charge >= 0.3 is 0 Å². The highest BCUT2D eigenvalue weighted by Crippen LogP contribution is 2.39. The van der Waals surface area contributed by atoms with Crippen molar-refractivity contribution in [2.45, 2.75) is 4.83 Å². The lowest BCUT2D eigenvalue weighted by molar-refractivity contribution is 0.608. The smallest absolute Gasteiger partial charge is 0.137 e. The van der Waals surface area contributed by atoms with Gasteiger partial charge < -0.3 is 0 Å². The number of rotatable bonds is 2. The van der Waals surface area contributed by atoms with Crippen LogP contribution in [0.2, 0.25) is 5.02 Å². The van der Waals surface area contributed by atoms with Crippen molar-refractivity contribution in [3.05, 3.63) is 67.1 Å². The molecule has 1 atom stereocenters. The molecule has 0 spiro atoms. The summed E-state index contributed by atoms with van der Waals surface area (Å²) in [4.78, 5) is -0.497. The first kappa shape index (κ1) is 15.4. The zero-order valence-corrected chi connectivity index (χ0v) is 14.7. The van der Waals surface area contributed by atoms with E-state index >= 15 is 0 Å². The molecule has 0 saturated carbocycles. The largest absolute Gasteiger partial charge is 0.207 e. The van der Waals surface area contributed by atoms with Crippen LogP contribution in [0, 0.1) is 11.6 Å². The molecule has 0 fully saturated rings. The molecule has 0 heterocycles. The van der Waals surface area contributed by atoms with E-state index in [4.69, 9.17) is 11.6 Å². The van der Waals surface area contributed by atoms with Crippen molar-refractivity contribution in [1.29, 1.82) is 0 Å². The van der Waals surface area contributed by atoms with Crippen molar-refractivity contribution in [2.24, 2.45) is 0 Å². The van der Waals surface area contributed by atoms with Gasteiger partial charge in [0.25, 0.3) is 0 Å². The fraction of sp³-hybridized carbons (Fsp3) is 0.0769. The quantitative estimate of drug-likeness (QED) is 0.338. The summed E-state index contributed by atoms with van der Waals surface area (Å²) < 4.78 is 28.3. The fourth-order valence-electron chi connectivity index (χ4n) is 1.62. The molecule has 2 aromatic carbocycles. The maximum atomic E-state index is 14.0. The first-order valence-electron chi connectivity index (χ1n) is 5.14. The van der Waals surface area contributed by atoms with E-state index < -0.39 is 16.5 Å². The Bertz CT molecular complexity index is 632. The van der Waals surface area contributed by atoms with Crippen LogP contribution in [0.15, 0.2) is 39.3 Å². The summed E-state index contributed by atoms with van der Waals surface area (Å²) in [7, 11) is 0. The van der Waals surface area contributed by atoms with Crippen LogP contribution in [0.3, 0.4) is 0 Å². The van der Waals surface area contributed by atoms with Crippen LogP contribution in [0.5, 0.6) is 0 Å². The van der Waals surface area contributed by atoms with E-state index in [2.05, 4.69) is 47.8 Å². The van der Waals surface area contributed by atoms with E-state index in [0.29, 0.717) is 25.1 Å². The van der Waals surface area contributed by atoms with Crippen LogP contribution in [-0.2, 0) is 0 Å². The minimum Gasteiger partial charge on any atom is -0.207 e. The predicted octanol–water partition coefficient (Wildman–Crippen LogP) is 6.63. The molecule has 1 unspecified atom stereocenters. The highest BCUT2D eigenvalue weighted by molar-refractivity contribution is 9.11. The van der Waals surface area contributed by atoms with E-state index in [-0.39, 0.29) is 0 Å². The van der Waals surface area contributed by atoms with Crippen LogP contribution in [0.1, 0.15) is 16.0 Å². The maximum absolute atomic E-state index is 14.0. The normalized spacial score (nSPS) is 12.5. The van der Waals surface area contributed by atoms with E-state index in [1.54, 1.807) is 12.1 Å². The van der Waals surface area contributed by atoms with Crippen molar-refractivity contribution in [2.75, 3.05) is 0 Å². The molecule has 0 aromatic heterocycles. The molecule has 0 aliphatic carbocycles. The maximum Gasteiger partial charge on any atom is 0.137 e. The lowest BCUT2D eigenvalue weighted by Crippen LogP contribution is -1.99. The molecule has 2 rings (SSSR count). The monoisotopic (exact) mass is 472 g/mol. The highest BCUT2D eigenvalue weighted by atomic mass is 79.9. The Morgan fingerprint density at radius 2 is 1.68 bits per heavy atom. The van der Waals surface area contributed by atoms with Gasteiger partial charge in [-0.2, -0.15) is 0 Å². The molecule has 100 valence electrons. The molecular formula is C13H6Br3ClF2. The van der Waals surface area contributed by atoms with Crippen LogP contribution in [-0.4, -0.2) is 0 Å². The number of benzene rings is 2. The van der Waals surface area contributed by atoms with E-state index in [1.807, 2.05) is 0 Å². The molecule has 0 nitrogen and oxygen atoms in total. The molecule has 0 bridgehead atoms. The summed E-state index contributed by atoms with van der Waals surface area (Å²) in [5.74, 6) is -0.820. The average Bonchev–Trinajstić information content (AvgIpc) is 2.36. The Labute approximate surface area is 139 Å². The molecule has 0 aliphatic heterocycles. The number of halogens is 6. The molecule has 2 aromatic rings. The molecule has 0 saturated heterocycles. The second-order valence-corrected chi connectivity index (χ2v) is 6.76. The molecule has 19 heavy (non-hydrogen) atoms. The van der Waals surface area contributed by atoms with Gasteiger partial charge in [0, 0.05) is 10.0 Å². The molecule has 6 heteroatoms. The van der Waals surface area contributed by atoms with E-state index in [9.17, 15) is 8.78 Å². The topological polar surface area (TPSA) is 0 Å². The van der Waals surface area contributed by atoms with Gasteiger partial charge in [-0.15, -0.1) is 0 Å². The summed E-state index contributed by atoms with van der Waals surface area (Å²) in [5, 5.41) is 0.397. The van der Waals surface area contributed by atoms with Gasteiger partial charge in [0.05, 0.1) is 14.3 Å². The van der Waals surface area contributed by atoms with Gasteiger partial charge in [-0.1, -0.05) is 39.7 Å². The summed E-state index contributed by atoms with van der Waals surface area (Å²) in [6, 6.07) is 7.42. The molecule has 0 N–H and O–H groups in total. The second-order valence-electron chi connectivity index (χ2n) is 3.79. The minimum absolute atomic E-state index is 0.301. The summed E-state index contributed by atoms with van der Waals surface area (Å²) >= 11 is 15.7. The lowest BCUT2D eigenvalue weighted by atomic mass is 10.0. The van der Waals surface area contributed by atoms with Crippen LogP contribution in [0.25, 0.3) is 0 Å². The third-order valence-electron chi connectivity index (χ3n) is 2.57. The van der Waals surface area contributed by atoms with Gasteiger partial charge in [-0.3, -0.25) is 0 Å². The Morgan fingerprint density at radius 1 is 1.00 bits per heavy atom.